The van der Waals surface area contributed by atoms with Crippen molar-refractivity contribution in [3.05, 3.63) is 59.9 Å². The van der Waals surface area contributed by atoms with Gasteiger partial charge in [0.25, 0.3) is 0 Å². The van der Waals surface area contributed by atoms with Crippen molar-refractivity contribution in [3.63, 3.8) is 0 Å². The number of aryl methyl sites for hydroxylation is 2. The zero-order valence-corrected chi connectivity index (χ0v) is 17.2. The summed E-state index contributed by atoms with van der Waals surface area (Å²) in [6, 6.07) is 16.2. The molecule has 0 radical (unpaired) electrons. The molecule has 0 spiro atoms. The molecule has 1 N–H and O–H groups in total. The monoisotopic (exact) mass is 379 g/mol. The Labute approximate surface area is 166 Å². The number of nitrogens with one attached hydrogen (secondary N) is 1. The van der Waals surface area contributed by atoms with Crippen LogP contribution in [0.15, 0.2) is 48.5 Å². The molecular formula is C23H29N3O2. The first-order valence-electron chi connectivity index (χ1n) is 9.76. The molecule has 0 atom stereocenters. The Morgan fingerprint density at radius 1 is 1.14 bits per heavy atom. The molecule has 2 aromatic carbocycles. The van der Waals surface area contributed by atoms with Crippen LogP contribution in [0, 0.1) is 12.3 Å². The maximum absolute atomic E-state index is 12.2. The van der Waals surface area contributed by atoms with Crippen LogP contribution in [-0.2, 0) is 17.9 Å². The lowest BCUT2D eigenvalue weighted by Gasteiger charge is -2.18. The minimum atomic E-state index is -0.418. The third kappa shape index (κ3) is 4.91. The summed E-state index contributed by atoms with van der Waals surface area (Å²) >= 11 is 0. The summed E-state index contributed by atoms with van der Waals surface area (Å²) in [5, 5.41) is 3.01. The third-order valence-electron chi connectivity index (χ3n) is 4.61. The summed E-state index contributed by atoms with van der Waals surface area (Å²) in [5.74, 6) is 1.79. The Morgan fingerprint density at radius 2 is 1.93 bits per heavy atom. The lowest BCUT2D eigenvalue weighted by Crippen LogP contribution is -2.35. The molecule has 0 saturated carbocycles. The zero-order chi connectivity index (χ0) is 20.1. The van der Waals surface area contributed by atoms with E-state index in [1.165, 1.54) is 5.56 Å². The molecule has 5 nitrogen and oxygen atoms in total. The first-order valence-corrected chi connectivity index (χ1v) is 9.76. The number of ether oxygens (including phenoxy) is 1. The number of amides is 1. The second kappa shape index (κ2) is 8.46. The van der Waals surface area contributed by atoms with Crippen LogP contribution in [0.25, 0.3) is 11.0 Å². The molecule has 1 heterocycles. The second-order valence-electron chi connectivity index (χ2n) is 8.12. The van der Waals surface area contributed by atoms with Crippen molar-refractivity contribution in [3.8, 4) is 5.75 Å². The second-order valence-corrected chi connectivity index (χ2v) is 8.12. The van der Waals surface area contributed by atoms with E-state index in [2.05, 4.69) is 28.9 Å². The van der Waals surface area contributed by atoms with Crippen molar-refractivity contribution in [2.45, 2.75) is 47.2 Å². The van der Waals surface area contributed by atoms with Crippen molar-refractivity contribution >= 4 is 16.9 Å². The molecule has 28 heavy (non-hydrogen) atoms. The number of benzene rings is 2. The van der Waals surface area contributed by atoms with Crippen LogP contribution in [0.2, 0.25) is 0 Å². The summed E-state index contributed by atoms with van der Waals surface area (Å²) in [6.45, 7) is 9.62. The van der Waals surface area contributed by atoms with Gasteiger partial charge in [-0.2, -0.15) is 0 Å². The van der Waals surface area contributed by atoms with Crippen molar-refractivity contribution in [1.82, 2.24) is 14.9 Å². The molecule has 148 valence electrons. The van der Waals surface area contributed by atoms with Crippen molar-refractivity contribution < 1.29 is 9.53 Å². The van der Waals surface area contributed by atoms with Gasteiger partial charge in [-0.25, -0.2) is 4.98 Å². The summed E-state index contributed by atoms with van der Waals surface area (Å²) in [6.07, 6.45) is 0.856. The first kappa shape index (κ1) is 19.9. The van der Waals surface area contributed by atoms with Crippen LogP contribution in [-0.4, -0.2) is 22.1 Å². The number of imidazole rings is 1. The Balaban J connectivity index is 1.67. The molecule has 0 unspecified atom stereocenters. The SMILES string of the molecule is Cc1cccc(OCCCn2c(CNC(=O)C(C)(C)C)nc3ccccc32)c1. The molecule has 0 aliphatic rings. The highest BCUT2D eigenvalue weighted by molar-refractivity contribution is 5.81. The van der Waals surface area contributed by atoms with Crippen molar-refractivity contribution in [2.75, 3.05) is 6.61 Å². The Hall–Kier alpha value is -2.82. The molecule has 0 bridgehead atoms. The normalized spacial score (nSPS) is 11.6. The molecule has 3 aromatic rings. The molecule has 0 saturated heterocycles. The molecule has 1 amide bonds. The van der Waals surface area contributed by atoms with E-state index in [0.29, 0.717) is 13.2 Å². The van der Waals surface area contributed by atoms with Gasteiger partial charge in [0.15, 0.2) is 0 Å². The summed E-state index contributed by atoms with van der Waals surface area (Å²) in [7, 11) is 0. The van der Waals surface area contributed by atoms with E-state index in [9.17, 15) is 4.79 Å². The van der Waals surface area contributed by atoms with E-state index in [1.807, 2.05) is 57.2 Å². The van der Waals surface area contributed by atoms with Gasteiger partial charge in [0, 0.05) is 12.0 Å². The van der Waals surface area contributed by atoms with Gasteiger partial charge in [-0.15, -0.1) is 0 Å². The lowest BCUT2D eigenvalue weighted by atomic mass is 9.96. The fraction of sp³-hybridized carbons (Fsp3) is 0.391. The average molecular weight is 380 g/mol. The minimum Gasteiger partial charge on any atom is -0.494 e. The van der Waals surface area contributed by atoms with E-state index >= 15 is 0 Å². The summed E-state index contributed by atoms with van der Waals surface area (Å²) in [4.78, 5) is 17.0. The smallest absolute Gasteiger partial charge is 0.225 e. The number of para-hydroxylation sites is 2. The predicted molar refractivity (Wildman–Crippen MR) is 112 cm³/mol. The van der Waals surface area contributed by atoms with Gasteiger partial charge in [-0.3, -0.25) is 4.79 Å². The number of hydrogen-bond donors (Lipinski definition) is 1. The minimum absolute atomic E-state index is 0.0221. The van der Waals surface area contributed by atoms with Gasteiger partial charge in [-0.1, -0.05) is 45.0 Å². The number of rotatable bonds is 7. The summed E-state index contributed by atoms with van der Waals surface area (Å²) in [5.41, 5.74) is 2.80. The Bertz CT molecular complexity index is 954. The standard InChI is InChI=1S/C23H29N3O2/c1-17-9-7-10-18(15-17)28-14-8-13-26-20-12-6-5-11-19(20)25-21(26)16-24-22(27)23(2,3)4/h5-7,9-12,15H,8,13-14,16H2,1-4H3,(H,24,27). The van der Waals surface area contributed by atoms with Crippen molar-refractivity contribution in [1.29, 1.82) is 0 Å². The number of aromatic nitrogens is 2. The van der Waals surface area contributed by atoms with E-state index < -0.39 is 5.41 Å². The third-order valence-corrected chi connectivity index (χ3v) is 4.61. The Kier molecular flexibility index (Phi) is 6.02. The van der Waals surface area contributed by atoms with Crippen LogP contribution in [0.3, 0.4) is 0 Å². The Morgan fingerprint density at radius 3 is 2.68 bits per heavy atom. The number of fused-ring (bicyclic) bond motifs is 1. The molecule has 0 fully saturated rings. The number of carbonyl (C=O) groups is 1. The lowest BCUT2D eigenvalue weighted by molar-refractivity contribution is -0.128. The van der Waals surface area contributed by atoms with Gasteiger partial charge >= 0.3 is 0 Å². The fourth-order valence-electron chi connectivity index (χ4n) is 3.05. The summed E-state index contributed by atoms with van der Waals surface area (Å²) < 4.78 is 8.05. The molecular weight excluding hydrogens is 350 g/mol. The largest absolute Gasteiger partial charge is 0.494 e. The molecule has 0 aliphatic heterocycles. The van der Waals surface area contributed by atoms with E-state index in [4.69, 9.17) is 9.72 Å². The van der Waals surface area contributed by atoms with Gasteiger partial charge in [0.1, 0.15) is 11.6 Å². The molecule has 5 heteroatoms. The predicted octanol–water partition coefficient (Wildman–Crippen LogP) is 4.48. The maximum Gasteiger partial charge on any atom is 0.225 e. The van der Waals surface area contributed by atoms with E-state index in [1.54, 1.807) is 0 Å². The van der Waals surface area contributed by atoms with Gasteiger partial charge < -0.3 is 14.6 Å². The molecule has 0 aliphatic carbocycles. The van der Waals surface area contributed by atoms with Crippen LogP contribution in [0.1, 0.15) is 38.6 Å². The van der Waals surface area contributed by atoms with E-state index in [-0.39, 0.29) is 5.91 Å². The topological polar surface area (TPSA) is 56.1 Å². The highest BCUT2D eigenvalue weighted by Crippen LogP contribution is 2.18. The molecule has 3 rings (SSSR count). The average Bonchev–Trinajstić information content (AvgIpc) is 3.00. The number of nitrogens with zero attached hydrogens (tertiary/aromatic N) is 2. The number of hydrogen-bond acceptors (Lipinski definition) is 3. The fourth-order valence-corrected chi connectivity index (χ4v) is 3.05. The van der Waals surface area contributed by atoms with E-state index in [0.717, 1.165) is 35.6 Å². The maximum atomic E-state index is 12.2. The number of carbonyl (C=O) groups excluding carboxylic acids is 1. The van der Waals surface area contributed by atoms with Crippen molar-refractivity contribution in [2.24, 2.45) is 5.41 Å². The zero-order valence-electron chi connectivity index (χ0n) is 17.2. The highest BCUT2D eigenvalue weighted by atomic mass is 16.5. The van der Waals surface area contributed by atoms with Crippen LogP contribution in [0.5, 0.6) is 5.75 Å². The van der Waals surface area contributed by atoms with Gasteiger partial charge in [-0.05, 0) is 43.2 Å². The van der Waals surface area contributed by atoms with Gasteiger partial charge in [0.05, 0.1) is 24.2 Å². The van der Waals surface area contributed by atoms with Crippen LogP contribution < -0.4 is 10.1 Å². The van der Waals surface area contributed by atoms with Crippen LogP contribution in [0.4, 0.5) is 0 Å². The highest BCUT2D eigenvalue weighted by Gasteiger charge is 2.21. The van der Waals surface area contributed by atoms with Gasteiger partial charge in [0.2, 0.25) is 5.91 Å². The first-order chi connectivity index (χ1) is 13.3. The quantitative estimate of drug-likeness (QED) is 0.616. The van der Waals surface area contributed by atoms with Crippen LogP contribution >= 0.6 is 0 Å². The molecule has 1 aromatic heterocycles.